The summed E-state index contributed by atoms with van der Waals surface area (Å²) in [6, 6.07) is 2.20. The first-order valence-electron chi connectivity index (χ1n) is 6.63. The van der Waals surface area contributed by atoms with Gasteiger partial charge in [-0.25, -0.2) is 9.78 Å². The van der Waals surface area contributed by atoms with Crippen LogP contribution in [0.1, 0.15) is 39.8 Å². The van der Waals surface area contributed by atoms with Crippen molar-refractivity contribution < 1.29 is 22.7 Å². The normalized spacial score (nSPS) is 12.9. The first-order chi connectivity index (χ1) is 10.7. The van der Waals surface area contributed by atoms with E-state index in [2.05, 4.69) is 14.7 Å². The van der Waals surface area contributed by atoms with Gasteiger partial charge in [-0.05, 0) is 19.4 Å². The first-order valence-corrected chi connectivity index (χ1v) is 7.51. The van der Waals surface area contributed by atoms with Gasteiger partial charge in [-0.3, -0.25) is 4.79 Å². The van der Waals surface area contributed by atoms with Gasteiger partial charge in [-0.2, -0.15) is 13.2 Å². The van der Waals surface area contributed by atoms with Gasteiger partial charge in [-0.1, -0.05) is 6.92 Å². The van der Waals surface area contributed by atoms with Crippen LogP contribution < -0.4 is 5.56 Å². The highest BCUT2D eigenvalue weighted by Gasteiger charge is 2.46. The van der Waals surface area contributed by atoms with Crippen molar-refractivity contribution in [2.75, 3.05) is 0 Å². The third-order valence-electron chi connectivity index (χ3n) is 2.90. The Morgan fingerprint density at radius 1 is 1.43 bits per heavy atom. The number of H-pyrrole nitrogens is 1. The number of hydrogen-bond donors (Lipinski definition) is 1. The van der Waals surface area contributed by atoms with Gasteiger partial charge in [0.2, 0.25) is 11.7 Å². The number of thiazole rings is 1. The third-order valence-corrected chi connectivity index (χ3v) is 3.91. The second kappa shape index (κ2) is 6.53. The molecule has 0 aliphatic carbocycles. The Morgan fingerprint density at radius 3 is 2.65 bits per heavy atom. The predicted octanol–water partition coefficient (Wildman–Crippen LogP) is 3.16. The number of carbonyl (C=O) groups excluding carboxylic acids is 1. The van der Waals surface area contributed by atoms with E-state index in [4.69, 9.17) is 0 Å². The van der Waals surface area contributed by atoms with Crippen molar-refractivity contribution in [3.05, 3.63) is 49.8 Å². The van der Waals surface area contributed by atoms with Crippen LogP contribution >= 0.6 is 11.3 Å². The fourth-order valence-corrected chi connectivity index (χ4v) is 2.68. The minimum atomic E-state index is -4.80. The fraction of sp³-hybridized carbons (Fsp3) is 0.357. The number of esters is 1. The number of aromatic amines is 1. The van der Waals surface area contributed by atoms with Crippen LogP contribution in [0.15, 0.2) is 22.3 Å². The molecule has 9 heteroatoms. The molecule has 0 bridgehead atoms. The summed E-state index contributed by atoms with van der Waals surface area (Å²) in [7, 11) is 0. The van der Waals surface area contributed by atoms with Gasteiger partial charge < -0.3 is 9.72 Å². The number of nitrogens with zero attached hydrogens (tertiary/aromatic N) is 1. The number of ether oxygens (including phenoxy) is 1. The summed E-state index contributed by atoms with van der Waals surface area (Å²) < 4.78 is 44.0. The second-order valence-electron chi connectivity index (χ2n) is 4.77. The lowest BCUT2D eigenvalue weighted by molar-refractivity contribution is -0.207. The van der Waals surface area contributed by atoms with E-state index >= 15 is 0 Å². The smallest absolute Gasteiger partial charge is 0.432 e. The summed E-state index contributed by atoms with van der Waals surface area (Å²) in [5, 5.41) is 1.08. The number of pyridine rings is 1. The Kier molecular flexibility index (Phi) is 4.88. The van der Waals surface area contributed by atoms with E-state index in [1.54, 1.807) is 13.8 Å². The van der Waals surface area contributed by atoms with Gasteiger partial charge in [0, 0.05) is 22.8 Å². The molecule has 2 heterocycles. The molecule has 0 amide bonds. The number of rotatable bonds is 4. The molecular formula is C14H13F3N2O3S. The molecule has 2 aromatic rings. The molecule has 0 spiro atoms. The molecule has 0 aliphatic heterocycles. The molecule has 0 fully saturated rings. The van der Waals surface area contributed by atoms with Crippen molar-refractivity contribution in [1.29, 1.82) is 0 Å². The summed E-state index contributed by atoms with van der Waals surface area (Å²) in [6.45, 7) is 3.27. The van der Waals surface area contributed by atoms with Crippen molar-refractivity contribution in [3.63, 3.8) is 0 Å². The number of carbonyl (C=O) groups is 1. The number of aromatic nitrogens is 2. The monoisotopic (exact) mass is 346 g/mol. The van der Waals surface area contributed by atoms with Crippen molar-refractivity contribution >= 4 is 17.3 Å². The van der Waals surface area contributed by atoms with Crippen LogP contribution in [0, 0.1) is 6.92 Å². The van der Waals surface area contributed by atoms with Crippen molar-refractivity contribution in [2.45, 2.75) is 32.5 Å². The van der Waals surface area contributed by atoms with Crippen molar-refractivity contribution in [1.82, 2.24) is 9.97 Å². The maximum absolute atomic E-state index is 13.1. The topological polar surface area (TPSA) is 72.0 Å². The lowest BCUT2D eigenvalue weighted by Crippen LogP contribution is -2.27. The number of halogens is 3. The SMILES string of the molecule is CCc1cc(C(=O)O[C@@H](c2nc(C)cs2)C(F)(F)F)cc(=O)[nH]1. The van der Waals surface area contributed by atoms with Crippen LogP contribution in [0.2, 0.25) is 0 Å². The van der Waals surface area contributed by atoms with Gasteiger partial charge in [0.15, 0.2) is 0 Å². The maximum atomic E-state index is 13.1. The largest absolute Gasteiger partial charge is 0.442 e. The van der Waals surface area contributed by atoms with Crippen LogP contribution in [0.4, 0.5) is 13.2 Å². The van der Waals surface area contributed by atoms with E-state index in [0.29, 0.717) is 17.8 Å². The number of hydrogen-bond acceptors (Lipinski definition) is 5. The highest BCUT2D eigenvalue weighted by atomic mass is 32.1. The van der Waals surface area contributed by atoms with E-state index < -0.39 is 23.8 Å². The van der Waals surface area contributed by atoms with Gasteiger partial charge in [0.25, 0.3) is 0 Å². The standard InChI is InChI=1S/C14H13F3N2O3S/c1-3-9-4-8(5-10(20)19-9)13(21)22-11(14(15,16)17)12-18-7(2)6-23-12/h4-6,11H,3H2,1-2H3,(H,19,20)/t11-/m0/s1. The molecule has 1 N–H and O–H groups in total. The van der Waals surface area contributed by atoms with E-state index in [0.717, 1.165) is 17.4 Å². The maximum Gasteiger partial charge on any atom is 0.432 e. The first kappa shape index (κ1) is 17.2. The molecule has 2 rings (SSSR count). The summed E-state index contributed by atoms with van der Waals surface area (Å²) >= 11 is 0.756. The number of nitrogens with one attached hydrogen (secondary N) is 1. The van der Waals surface area contributed by atoms with Crippen molar-refractivity contribution in [2.24, 2.45) is 0 Å². The van der Waals surface area contributed by atoms with E-state index in [1.165, 1.54) is 11.4 Å². The molecule has 0 aromatic carbocycles. The van der Waals surface area contributed by atoms with E-state index in [-0.39, 0.29) is 10.6 Å². The van der Waals surface area contributed by atoms with Crippen molar-refractivity contribution in [3.8, 4) is 0 Å². The van der Waals surface area contributed by atoms with Crippen LogP contribution in [-0.2, 0) is 11.2 Å². The van der Waals surface area contributed by atoms with Crippen LogP contribution in [0.25, 0.3) is 0 Å². The minimum absolute atomic E-state index is 0.229. The molecule has 0 saturated carbocycles. The molecule has 1 atom stereocenters. The molecule has 124 valence electrons. The molecule has 2 aromatic heterocycles. The van der Waals surface area contributed by atoms with E-state index in [1.807, 2.05) is 0 Å². The summed E-state index contributed by atoms with van der Waals surface area (Å²) in [5.41, 5.74) is 0.0240. The van der Waals surface area contributed by atoms with Gasteiger partial charge in [0.1, 0.15) is 5.01 Å². The van der Waals surface area contributed by atoms with Gasteiger partial charge in [0.05, 0.1) is 5.56 Å². The van der Waals surface area contributed by atoms with E-state index in [9.17, 15) is 22.8 Å². The van der Waals surface area contributed by atoms with Crippen LogP contribution in [0.5, 0.6) is 0 Å². The Hall–Kier alpha value is -2.16. The quantitative estimate of drug-likeness (QED) is 0.863. The zero-order valence-electron chi connectivity index (χ0n) is 12.2. The molecule has 0 unspecified atom stereocenters. The lowest BCUT2D eigenvalue weighted by atomic mass is 10.2. The Balaban J connectivity index is 2.31. The highest BCUT2D eigenvalue weighted by Crippen LogP contribution is 2.37. The predicted molar refractivity (Wildman–Crippen MR) is 77.5 cm³/mol. The number of alkyl halides is 3. The molecule has 23 heavy (non-hydrogen) atoms. The molecule has 0 radical (unpaired) electrons. The average molecular weight is 346 g/mol. The number of aryl methyl sites for hydroxylation is 2. The third kappa shape index (κ3) is 4.19. The summed E-state index contributed by atoms with van der Waals surface area (Å²) in [5.74, 6) is -1.22. The zero-order valence-corrected chi connectivity index (χ0v) is 13.0. The van der Waals surface area contributed by atoms with Gasteiger partial charge >= 0.3 is 12.1 Å². The zero-order chi connectivity index (χ0) is 17.2. The Labute approximate surface area is 133 Å². The molecule has 0 aliphatic rings. The van der Waals surface area contributed by atoms with Gasteiger partial charge in [-0.15, -0.1) is 11.3 Å². The molecule has 5 nitrogen and oxygen atoms in total. The van der Waals surface area contributed by atoms with Crippen LogP contribution in [0.3, 0.4) is 0 Å². The minimum Gasteiger partial charge on any atom is -0.442 e. The Morgan fingerprint density at radius 2 is 2.13 bits per heavy atom. The summed E-state index contributed by atoms with van der Waals surface area (Å²) in [6.07, 6.45) is -6.84. The lowest BCUT2D eigenvalue weighted by Gasteiger charge is -2.18. The highest BCUT2D eigenvalue weighted by molar-refractivity contribution is 7.09. The van der Waals surface area contributed by atoms with Crippen LogP contribution in [-0.4, -0.2) is 22.1 Å². The second-order valence-corrected chi connectivity index (χ2v) is 5.66. The average Bonchev–Trinajstić information content (AvgIpc) is 2.88. The molecule has 0 saturated heterocycles. The fourth-order valence-electron chi connectivity index (χ4n) is 1.83. The summed E-state index contributed by atoms with van der Waals surface area (Å²) in [4.78, 5) is 29.6. The Bertz CT molecular complexity index is 767. The molecular weight excluding hydrogens is 333 g/mol.